The summed E-state index contributed by atoms with van der Waals surface area (Å²) in [6.07, 6.45) is 0. The van der Waals surface area contributed by atoms with E-state index < -0.39 is 13.9 Å². The molecule has 1 rings (SSSR count). The van der Waals surface area contributed by atoms with Gasteiger partial charge in [0, 0.05) is 0 Å². The van der Waals surface area contributed by atoms with E-state index in [1.807, 2.05) is 37.3 Å². The number of hydrogen-bond donors (Lipinski definition) is 0. The summed E-state index contributed by atoms with van der Waals surface area (Å²) in [6.45, 7) is 12.8. The minimum atomic E-state index is -1.97. The van der Waals surface area contributed by atoms with Crippen LogP contribution in [0.2, 0.25) is 18.1 Å². The van der Waals surface area contributed by atoms with Gasteiger partial charge in [-0.05, 0) is 30.6 Å². The average molecular weight is 261 g/mol. The summed E-state index contributed by atoms with van der Waals surface area (Å²) < 4.78 is 6.30. The molecule has 0 aliphatic carbocycles. The Labute approximate surface area is 112 Å². The predicted molar refractivity (Wildman–Crippen MR) is 77.7 cm³/mol. The molecule has 0 amide bonds. The molecular weight excluding hydrogens is 238 g/mol. The lowest BCUT2D eigenvalue weighted by Gasteiger charge is -2.41. The van der Waals surface area contributed by atoms with E-state index >= 15 is 0 Å². The maximum atomic E-state index is 9.52. The Morgan fingerprint density at radius 1 is 1.06 bits per heavy atom. The van der Waals surface area contributed by atoms with Crippen molar-refractivity contribution >= 4 is 8.32 Å². The van der Waals surface area contributed by atoms with Crippen molar-refractivity contribution < 1.29 is 4.43 Å². The van der Waals surface area contributed by atoms with E-state index in [1.165, 1.54) is 0 Å². The summed E-state index contributed by atoms with van der Waals surface area (Å²) >= 11 is 0. The minimum absolute atomic E-state index is 0.0971. The van der Waals surface area contributed by atoms with Crippen molar-refractivity contribution in [3.8, 4) is 6.07 Å². The highest BCUT2D eigenvalue weighted by Crippen LogP contribution is 2.41. The highest BCUT2D eigenvalue weighted by molar-refractivity contribution is 6.74. The van der Waals surface area contributed by atoms with Crippen LogP contribution < -0.4 is 0 Å². The third-order valence-corrected chi connectivity index (χ3v) is 8.33. The van der Waals surface area contributed by atoms with Gasteiger partial charge >= 0.3 is 0 Å². The van der Waals surface area contributed by atoms with Gasteiger partial charge in [-0.1, -0.05) is 51.1 Å². The molecule has 0 N–H and O–H groups in total. The first-order valence-electron chi connectivity index (χ1n) is 6.29. The molecule has 0 aliphatic heterocycles. The molecule has 0 heterocycles. The summed E-state index contributed by atoms with van der Waals surface area (Å²) in [5, 5.41) is 9.61. The molecule has 1 unspecified atom stereocenters. The van der Waals surface area contributed by atoms with E-state index in [2.05, 4.69) is 39.9 Å². The topological polar surface area (TPSA) is 33.0 Å². The van der Waals surface area contributed by atoms with Gasteiger partial charge in [-0.2, -0.15) is 5.26 Å². The summed E-state index contributed by atoms with van der Waals surface area (Å²) in [5.41, 5.74) is 0.0712. The molecular formula is C15H23NOSi. The first-order valence-corrected chi connectivity index (χ1v) is 9.20. The quantitative estimate of drug-likeness (QED) is 0.753. The Bertz CT molecular complexity index is 442. The second kappa shape index (κ2) is 4.87. The molecule has 1 atom stereocenters. The Kier molecular flexibility index (Phi) is 4.04. The third kappa shape index (κ3) is 3.01. The molecule has 1 aromatic carbocycles. The maximum absolute atomic E-state index is 9.52. The summed E-state index contributed by atoms with van der Waals surface area (Å²) in [7, 11) is -1.97. The smallest absolute Gasteiger partial charge is 0.194 e. The van der Waals surface area contributed by atoms with E-state index in [-0.39, 0.29) is 5.04 Å². The van der Waals surface area contributed by atoms with Gasteiger partial charge in [-0.15, -0.1) is 0 Å². The van der Waals surface area contributed by atoms with E-state index in [0.29, 0.717) is 0 Å². The van der Waals surface area contributed by atoms with Crippen LogP contribution in [-0.4, -0.2) is 8.32 Å². The molecule has 0 aromatic heterocycles. The molecule has 3 heteroatoms. The second-order valence-corrected chi connectivity index (χ2v) is 11.1. The Morgan fingerprint density at radius 2 is 1.56 bits per heavy atom. The van der Waals surface area contributed by atoms with Crippen molar-refractivity contribution in [2.45, 2.75) is 51.4 Å². The zero-order chi connectivity index (χ0) is 14.0. The van der Waals surface area contributed by atoms with E-state index in [4.69, 9.17) is 4.43 Å². The standard InChI is InChI=1S/C15H23NOSi/c1-14(2,3)18(5,6)17-15(4,12-16)13-10-8-7-9-11-13/h7-11H,1-6H3. The Balaban J connectivity index is 3.10. The van der Waals surface area contributed by atoms with E-state index in [9.17, 15) is 5.26 Å². The molecule has 0 bridgehead atoms. The summed E-state index contributed by atoms with van der Waals surface area (Å²) in [6, 6.07) is 12.1. The van der Waals surface area contributed by atoms with Gasteiger partial charge in [0.05, 0.1) is 0 Å². The van der Waals surface area contributed by atoms with E-state index in [1.54, 1.807) is 0 Å². The highest BCUT2D eigenvalue weighted by Gasteiger charge is 2.43. The van der Waals surface area contributed by atoms with Crippen molar-refractivity contribution in [3.63, 3.8) is 0 Å². The van der Waals surface area contributed by atoms with Crippen molar-refractivity contribution in [2.75, 3.05) is 0 Å². The number of benzene rings is 1. The fourth-order valence-corrected chi connectivity index (χ4v) is 3.06. The highest BCUT2D eigenvalue weighted by atomic mass is 28.4. The van der Waals surface area contributed by atoms with Crippen LogP contribution >= 0.6 is 0 Å². The van der Waals surface area contributed by atoms with Crippen LogP contribution in [0.25, 0.3) is 0 Å². The zero-order valence-electron chi connectivity index (χ0n) is 12.2. The van der Waals surface area contributed by atoms with Crippen LogP contribution in [0, 0.1) is 11.3 Å². The summed E-state index contributed by atoms with van der Waals surface area (Å²) in [4.78, 5) is 0. The SMILES string of the molecule is CC(C#N)(O[Si](C)(C)C(C)(C)C)c1ccccc1. The largest absolute Gasteiger partial charge is 0.396 e. The van der Waals surface area contributed by atoms with Crippen LogP contribution in [0.15, 0.2) is 30.3 Å². The molecule has 0 spiro atoms. The van der Waals surface area contributed by atoms with Crippen molar-refractivity contribution in [2.24, 2.45) is 0 Å². The van der Waals surface area contributed by atoms with Gasteiger partial charge in [-0.25, -0.2) is 0 Å². The molecule has 1 aromatic rings. The molecule has 18 heavy (non-hydrogen) atoms. The minimum Gasteiger partial charge on any atom is -0.396 e. The van der Waals surface area contributed by atoms with Gasteiger partial charge in [0.15, 0.2) is 13.9 Å². The van der Waals surface area contributed by atoms with Crippen molar-refractivity contribution in [1.82, 2.24) is 0 Å². The molecule has 0 aliphatic rings. The molecule has 0 saturated carbocycles. The van der Waals surface area contributed by atoms with Gasteiger partial charge in [0.1, 0.15) is 6.07 Å². The second-order valence-electron chi connectivity index (χ2n) is 6.37. The lowest BCUT2D eigenvalue weighted by atomic mass is 9.98. The zero-order valence-corrected chi connectivity index (χ0v) is 13.2. The maximum Gasteiger partial charge on any atom is 0.194 e. The lowest BCUT2D eigenvalue weighted by Crippen LogP contribution is -2.46. The van der Waals surface area contributed by atoms with Crippen molar-refractivity contribution in [1.29, 1.82) is 5.26 Å². The normalized spacial score (nSPS) is 15.8. The van der Waals surface area contributed by atoms with Gasteiger partial charge in [0.25, 0.3) is 0 Å². The molecule has 0 fully saturated rings. The van der Waals surface area contributed by atoms with Gasteiger partial charge < -0.3 is 4.43 Å². The monoisotopic (exact) mass is 261 g/mol. The van der Waals surface area contributed by atoms with Crippen molar-refractivity contribution in [3.05, 3.63) is 35.9 Å². The van der Waals surface area contributed by atoms with Gasteiger partial charge in [-0.3, -0.25) is 0 Å². The molecule has 0 radical (unpaired) electrons. The lowest BCUT2D eigenvalue weighted by molar-refractivity contribution is 0.129. The first-order chi connectivity index (χ1) is 8.12. The van der Waals surface area contributed by atoms with Crippen LogP contribution in [0.5, 0.6) is 0 Å². The first kappa shape index (κ1) is 14.9. The average Bonchev–Trinajstić information content (AvgIpc) is 2.28. The number of rotatable bonds is 3. The number of hydrogen-bond acceptors (Lipinski definition) is 2. The third-order valence-electron chi connectivity index (χ3n) is 3.80. The fraction of sp³-hybridized carbons (Fsp3) is 0.533. The Morgan fingerprint density at radius 3 is 1.94 bits per heavy atom. The number of nitrogens with zero attached hydrogens (tertiary/aromatic N) is 1. The molecule has 98 valence electrons. The number of nitriles is 1. The van der Waals surface area contributed by atoms with E-state index in [0.717, 1.165) is 5.56 Å². The van der Waals surface area contributed by atoms with Crippen LogP contribution in [-0.2, 0) is 10.0 Å². The van der Waals surface area contributed by atoms with Crippen LogP contribution in [0.4, 0.5) is 0 Å². The van der Waals surface area contributed by atoms with Crippen LogP contribution in [0.3, 0.4) is 0 Å². The Hall–Kier alpha value is -1.11. The summed E-state index contributed by atoms with van der Waals surface area (Å²) in [5.74, 6) is 0. The fourth-order valence-electron chi connectivity index (χ4n) is 1.57. The van der Waals surface area contributed by atoms with Crippen LogP contribution in [0.1, 0.15) is 33.3 Å². The molecule has 2 nitrogen and oxygen atoms in total. The molecule has 0 saturated heterocycles. The van der Waals surface area contributed by atoms with Gasteiger partial charge in [0.2, 0.25) is 0 Å². The predicted octanol–water partition coefficient (Wildman–Crippen LogP) is 4.45.